The maximum atomic E-state index is 13.0. The molecule has 0 aliphatic heterocycles. The molecule has 0 aromatic carbocycles. The number of aliphatic hydroxyl groups excluding tert-OH is 1. The highest BCUT2D eigenvalue weighted by Gasteiger charge is 2.72. The van der Waals surface area contributed by atoms with Crippen molar-refractivity contribution in [1.29, 1.82) is 0 Å². The molecule has 0 rings (SSSR count). The Kier molecular flexibility index (Phi) is 4.24. The average molecular weight is 270 g/mol. The van der Waals surface area contributed by atoms with E-state index >= 15 is 0 Å². The maximum absolute atomic E-state index is 13.0. The third kappa shape index (κ3) is 2.59. The third-order valence-electron chi connectivity index (χ3n) is 1.31. The average Bonchev–Trinajstić information content (AvgIpc) is 2.08. The van der Waals surface area contributed by atoms with Crippen molar-refractivity contribution in [3.8, 4) is 0 Å². The van der Waals surface area contributed by atoms with E-state index in [0.29, 0.717) is 0 Å². The number of alkyl halides is 4. The Hall–Kier alpha value is -0.940. The normalized spacial score (nSPS) is 16.6. The number of rotatable bonds is 4. The zero-order valence-corrected chi connectivity index (χ0v) is 8.18. The lowest BCUT2D eigenvalue weighted by Gasteiger charge is -2.22. The van der Waals surface area contributed by atoms with Gasteiger partial charge in [0.2, 0.25) is 0 Å². The molecule has 16 heavy (non-hydrogen) atoms. The molecule has 0 fully saturated rings. The molecule has 0 radical (unpaired) electrons. The Morgan fingerprint density at radius 2 is 1.69 bits per heavy atom. The van der Waals surface area contributed by atoms with E-state index in [4.69, 9.17) is 9.66 Å². The van der Waals surface area contributed by atoms with Gasteiger partial charge >= 0.3 is 27.3 Å². The molecule has 0 aliphatic rings. The second-order valence-corrected chi connectivity index (χ2v) is 3.94. The van der Waals surface area contributed by atoms with Crippen LogP contribution in [0.2, 0.25) is 0 Å². The predicted octanol–water partition coefficient (Wildman–Crippen LogP) is -0.362. The molecule has 0 spiro atoms. The number of aliphatic hydroxyl groups is 1. The topological polar surface area (TPSA) is 101 Å². The summed E-state index contributed by atoms with van der Waals surface area (Å²) in [6, 6.07) is 0. The first-order chi connectivity index (χ1) is 6.98. The molecule has 0 bridgehead atoms. The Bertz CT molecular complexity index is 362. The molecule has 96 valence electrons. The van der Waals surface area contributed by atoms with Gasteiger partial charge in [-0.25, -0.2) is 9.18 Å². The fourth-order valence-electron chi connectivity index (χ4n) is 0.598. The van der Waals surface area contributed by atoms with Crippen LogP contribution in [0, 0.1) is 0 Å². The van der Waals surface area contributed by atoms with Gasteiger partial charge in [0.25, 0.3) is 0 Å². The van der Waals surface area contributed by atoms with Gasteiger partial charge in [0.1, 0.15) is 6.61 Å². The molecule has 0 aliphatic carbocycles. The standard InChI is InChI=1S/C5H6F4O6S/c6-4(5(7,8)9,16(12,13)14)3(11)15-2-1-10/h10H,1-2H2,(H,12,13,14). The number of ether oxygens (including phenoxy) is 1. The third-order valence-corrected chi connectivity index (χ3v) is 2.42. The van der Waals surface area contributed by atoms with Crippen molar-refractivity contribution in [1.82, 2.24) is 0 Å². The maximum Gasteiger partial charge on any atom is 0.451 e. The quantitative estimate of drug-likeness (QED) is 0.411. The van der Waals surface area contributed by atoms with Crippen LogP contribution in [-0.4, -0.2) is 48.4 Å². The van der Waals surface area contributed by atoms with Crippen LogP contribution in [0.25, 0.3) is 0 Å². The van der Waals surface area contributed by atoms with E-state index < -0.39 is 40.5 Å². The van der Waals surface area contributed by atoms with Crippen molar-refractivity contribution < 1.29 is 45.2 Å². The van der Waals surface area contributed by atoms with E-state index in [9.17, 15) is 30.8 Å². The van der Waals surface area contributed by atoms with Crippen LogP contribution >= 0.6 is 0 Å². The monoisotopic (exact) mass is 270 g/mol. The molecule has 0 saturated heterocycles. The van der Waals surface area contributed by atoms with E-state index in [2.05, 4.69) is 4.74 Å². The highest BCUT2D eigenvalue weighted by atomic mass is 32.2. The molecule has 11 heteroatoms. The minimum atomic E-state index is -6.40. The molecule has 2 N–H and O–H groups in total. The van der Waals surface area contributed by atoms with Gasteiger partial charge in [-0.3, -0.25) is 4.55 Å². The highest BCUT2D eigenvalue weighted by Crippen LogP contribution is 2.39. The van der Waals surface area contributed by atoms with Gasteiger partial charge in [-0.05, 0) is 0 Å². The van der Waals surface area contributed by atoms with Gasteiger partial charge in [-0.2, -0.15) is 21.6 Å². The highest BCUT2D eigenvalue weighted by molar-refractivity contribution is 7.88. The van der Waals surface area contributed by atoms with Crippen molar-refractivity contribution in [2.45, 2.75) is 11.2 Å². The summed E-state index contributed by atoms with van der Waals surface area (Å²) < 4.78 is 81.0. The molecule has 6 nitrogen and oxygen atoms in total. The molecule has 0 aromatic rings. The first kappa shape index (κ1) is 15.1. The Balaban J connectivity index is 5.37. The number of carbonyl (C=O) groups is 1. The van der Waals surface area contributed by atoms with Crippen LogP contribution in [0.3, 0.4) is 0 Å². The molecule has 0 heterocycles. The van der Waals surface area contributed by atoms with Crippen LogP contribution in [0.4, 0.5) is 17.6 Å². The summed E-state index contributed by atoms with van der Waals surface area (Å²) in [6.45, 7) is -1.98. The van der Waals surface area contributed by atoms with E-state index in [-0.39, 0.29) is 0 Å². The smallest absolute Gasteiger partial charge is 0.451 e. The first-order valence-electron chi connectivity index (χ1n) is 3.49. The summed E-state index contributed by atoms with van der Waals surface area (Å²) in [5, 5.41) is 2.53. The minimum Gasteiger partial charge on any atom is -0.460 e. The fraction of sp³-hybridized carbons (Fsp3) is 0.800. The molecule has 1 unspecified atom stereocenters. The summed E-state index contributed by atoms with van der Waals surface area (Å²) in [5.41, 5.74) is 0. The van der Waals surface area contributed by atoms with Crippen molar-refractivity contribution in [3.63, 3.8) is 0 Å². The molecular weight excluding hydrogens is 264 g/mol. The van der Waals surface area contributed by atoms with E-state index in [1.807, 2.05) is 0 Å². The van der Waals surface area contributed by atoms with Crippen molar-refractivity contribution in [2.24, 2.45) is 0 Å². The molecule has 1 atom stereocenters. The number of hydrogen-bond donors (Lipinski definition) is 2. The van der Waals surface area contributed by atoms with Gasteiger partial charge in [0.05, 0.1) is 6.61 Å². The van der Waals surface area contributed by atoms with Gasteiger partial charge in [-0.1, -0.05) is 0 Å². The van der Waals surface area contributed by atoms with Crippen molar-refractivity contribution >= 4 is 16.1 Å². The summed E-state index contributed by atoms with van der Waals surface area (Å²) in [6.07, 6.45) is -6.20. The zero-order chi connectivity index (χ0) is 13.2. The second kappa shape index (κ2) is 4.51. The zero-order valence-electron chi connectivity index (χ0n) is 7.36. The largest absolute Gasteiger partial charge is 0.460 e. The lowest BCUT2D eigenvalue weighted by molar-refractivity contribution is -0.215. The molecular formula is C5H6F4O6S. The lowest BCUT2D eigenvalue weighted by atomic mass is 10.4. The van der Waals surface area contributed by atoms with Crippen LogP contribution in [-0.2, 0) is 19.6 Å². The van der Waals surface area contributed by atoms with Crippen LogP contribution in [0.15, 0.2) is 0 Å². The Morgan fingerprint density at radius 3 is 1.94 bits per heavy atom. The van der Waals surface area contributed by atoms with E-state index in [1.165, 1.54) is 0 Å². The lowest BCUT2D eigenvalue weighted by Crippen LogP contribution is -2.55. The van der Waals surface area contributed by atoms with E-state index in [0.717, 1.165) is 0 Å². The van der Waals surface area contributed by atoms with Crippen LogP contribution < -0.4 is 0 Å². The number of halogens is 4. The number of carbonyl (C=O) groups excluding carboxylic acids is 1. The summed E-state index contributed by atoms with van der Waals surface area (Å²) >= 11 is 0. The summed E-state index contributed by atoms with van der Waals surface area (Å²) in [7, 11) is -6.40. The Labute approximate surface area is 86.6 Å². The number of esters is 1. The van der Waals surface area contributed by atoms with Crippen LogP contribution in [0.1, 0.15) is 0 Å². The number of hydrogen-bond acceptors (Lipinski definition) is 5. The van der Waals surface area contributed by atoms with E-state index in [1.54, 1.807) is 0 Å². The van der Waals surface area contributed by atoms with Crippen molar-refractivity contribution in [2.75, 3.05) is 13.2 Å². The van der Waals surface area contributed by atoms with Gasteiger partial charge < -0.3 is 9.84 Å². The molecule has 0 amide bonds. The molecule has 0 saturated carbocycles. The molecule has 0 aromatic heterocycles. The summed E-state index contributed by atoms with van der Waals surface area (Å²) in [5.74, 6) is -2.86. The van der Waals surface area contributed by atoms with Crippen LogP contribution in [0.5, 0.6) is 0 Å². The fourth-order valence-corrected chi connectivity index (χ4v) is 1.16. The first-order valence-corrected chi connectivity index (χ1v) is 4.93. The summed E-state index contributed by atoms with van der Waals surface area (Å²) in [4.78, 5) is 10.5. The Morgan fingerprint density at radius 1 is 1.25 bits per heavy atom. The minimum absolute atomic E-state index is 0.939. The van der Waals surface area contributed by atoms with Gasteiger partial charge in [0.15, 0.2) is 0 Å². The van der Waals surface area contributed by atoms with Crippen molar-refractivity contribution in [3.05, 3.63) is 0 Å². The van der Waals surface area contributed by atoms with Gasteiger partial charge in [-0.15, -0.1) is 0 Å². The second-order valence-electron chi connectivity index (χ2n) is 2.43. The predicted molar refractivity (Wildman–Crippen MR) is 39.5 cm³/mol. The SMILES string of the molecule is O=C(OCCO)C(F)(C(F)(F)F)S(=O)(=O)O. The van der Waals surface area contributed by atoms with Gasteiger partial charge in [0, 0.05) is 0 Å².